The molecule has 0 aliphatic carbocycles. The smallest absolute Gasteiger partial charge is 0.246 e. The number of carbonyl (C=O) groups excluding carboxylic acids is 17. The van der Waals surface area contributed by atoms with Gasteiger partial charge in [-0.15, -0.1) is 11.8 Å². The van der Waals surface area contributed by atoms with Crippen molar-refractivity contribution in [3.8, 4) is 0 Å². The fourth-order valence-electron chi connectivity index (χ4n) is 10.9. The highest BCUT2D eigenvalue weighted by molar-refractivity contribution is 7.99. The minimum Gasteiger partial charge on any atom is -0.394 e. The molecule has 17 amide bonds. The van der Waals surface area contributed by atoms with E-state index in [-0.39, 0.29) is 114 Å². The molecule has 656 valence electrons. The van der Waals surface area contributed by atoms with E-state index in [0.29, 0.717) is 27.9 Å². The molecule has 46 heteroatoms. The molecular formula is C72H116N24O20S2. The number of H-pyrrole nitrogens is 2. The summed E-state index contributed by atoms with van der Waals surface area (Å²) in [4.78, 5) is 240. The lowest BCUT2D eigenvalue weighted by molar-refractivity contribution is -0.135. The van der Waals surface area contributed by atoms with E-state index in [2.05, 4.69) is 99.7 Å². The number of rotatable bonds is 58. The second-order valence-corrected chi connectivity index (χ2v) is 30.2. The molecular weight excluding hydrogens is 1590 g/mol. The minimum atomic E-state index is -1.54. The number of primary amides is 2. The van der Waals surface area contributed by atoms with Gasteiger partial charge in [0, 0.05) is 74.0 Å². The molecule has 1 aromatic carbocycles. The lowest BCUT2D eigenvalue weighted by Crippen LogP contribution is -2.59. The van der Waals surface area contributed by atoms with E-state index < -0.39 is 200 Å². The van der Waals surface area contributed by atoms with Crippen molar-refractivity contribution < 1.29 is 96.1 Å². The zero-order valence-electron chi connectivity index (χ0n) is 67.7. The quantitative estimate of drug-likeness (QED) is 0.0108. The third kappa shape index (κ3) is 40.6. The van der Waals surface area contributed by atoms with E-state index in [4.69, 9.17) is 32.4 Å². The van der Waals surface area contributed by atoms with E-state index in [0.717, 1.165) is 11.8 Å². The normalized spacial score (nSPS) is 13.6. The number of para-hydroxylation sites is 1. The van der Waals surface area contributed by atoms with Gasteiger partial charge in [-0.25, -0.2) is 4.98 Å². The van der Waals surface area contributed by atoms with E-state index in [1.54, 1.807) is 58.4 Å². The number of carbonyl (C=O) groups is 17. The number of aliphatic imine (C=N–C) groups is 1. The number of aromatic amines is 2. The van der Waals surface area contributed by atoms with Crippen molar-refractivity contribution in [3.63, 3.8) is 0 Å². The van der Waals surface area contributed by atoms with Crippen LogP contribution in [0.5, 0.6) is 0 Å². The Labute approximate surface area is 690 Å². The third-order valence-corrected chi connectivity index (χ3v) is 18.5. The van der Waals surface area contributed by atoms with E-state index in [1.807, 2.05) is 20.1 Å². The topological polar surface area (TPSA) is 673 Å². The van der Waals surface area contributed by atoms with Crippen LogP contribution >= 0.6 is 23.5 Å². The number of hydrogen-bond acceptors (Lipinski definition) is 25. The number of fused-ring (bicyclic) bond motifs is 1. The maximum atomic E-state index is 14.4. The maximum Gasteiger partial charge on any atom is 0.246 e. The summed E-state index contributed by atoms with van der Waals surface area (Å²) in [5, 5.41) is 48.3. The SMILES string of the molecule is CSCC[C@H](NC(=O)[C@H](CC(C)C)NC(=O)[C@H](Cc1cnc[nH]1)NC(=O)CNC(=O)[C@@H](NC(=O)[C@H](C)NC(=O)[C@H](Cc1c[nH]c2ccccc12)NC(=O)[C@H](CCC(N)=O)NC(=O)CNC(=O)COCCOCCNC(=O)[C@H](CCCN=C(N)N)NC(=O)CNC(=O)[C@H](CSCNC(C)=O)NC(=O)[C@H](CO)NC(=O)CN(C)C)C(C)C)C(N)=O. The van der Waals surface area contributed by atoms with Crippen LogP contribution in [0.4, 0.5) is 0 Å². The molecule has 10 atom stereocenters. The van der Waals surface area contributed by atoms with Gasteiger partial charge in [0.15, 0.2) is 5.96 Å². The Balaban J connectivity index is 1.61. The molecule has 3 rings (SSSR count). The zero-order valence-corrected chi connectivity index (χ0v) is 69.3. The van der Waals surface area contributed by atoms with E-state index in [9.17, 15) is 86.6 Å². The van der Waals surface area contributed by atoms with Crippen LogP contribution in [0.3, 0.4) is 0 Å². The van der Waals surface area contributed by atoms with E-state index >= 15 is 0 Å². The largest absolute Gasteiger partial charge is 0.394 e. The first-order valence-electron chi connectivity index (χ1n) is 37.9. The van der Waals surface area contributed by atoms with Crippen LogP contribution in [0.1, 0.15) is 91.3 Å². The van der Waals surface area contributed by atoms with Gasteiger partial charge >= 0.3 is 0 Å². The number of aliphatic hydroxyl groups is 1. The first-order valence-corrected chi connectivity index (χ1v) is 40.4. The van der Waals surface area contributed by atoms with Gasteiger partial charge in [-0.1, -0.05) is 45.9 Å². The number of ether oxygens (including phenoxy) is 2. The van der Waals surface area contributed by atoms with Crippen LogP contribution in [0.25, 0.3) is 10.9 Å². The molecule has 0 saturated carbocycles. The Morgan fingerprint density at radius 1 is 0.568 bits per heavy atom. The molecule has 0 spiro atoms. The molecule has 0 aliphatic rings. The van der Waals surface area contributed by atoms with Crippen molar-refractivity contribution in [2.45, 2.75) is 153 Å². The molecule has 0 saturated heterocycles. The molecule has 118 heavy (non-hydrogen) atoms. The number of nitrogens with one attached hydrogen (secondary N) is 17. The fourth-order valence-corrected chi connectivity index (χ4v) is 12.3. The molecule has 26 N–H and O–H groups in total. The van der Waals surface area contributed by atoms with Crippen LogP contribution in [0.15, 0.2) is 48.0 Å². The van der Waals surface area contributed by atoms with Crippen molar-refractivity contribution in [2.24, 2.45) is 39.8 Å². The Bertz CT molecular complexity index is 3860. The number of aliphatic hydroxyl groups excluding tert-OH is 1. The Morgan fingerprint density at radius 3 is 1.75 bits per heavy atom. The Hall–Kier alpha value is -11.2. The van der Waals surface area contributed by atoms with Gasteiger partial charge in [0.2, 0.25) is 100 Å². The standard InChI is InChI=1S/C72H116N24O20S2/c1-39(2)25-50(68(111)91-47(62(74)105)18-24-117-9)92-69(112)52(27-44-29-77-37-84-44)89-58(102)32-83-71(114)61(40(3)4)95-63(106)41(5)86-67(110)51(26-43-28-80-46-14-11-10-13-45(43)46)93-66(109)49(16-17-55(73)99)88-56(100)30-81-60(104)35-116-23-22-115-21-20-78-64(107)48(15-12-19-79-72(75)76)87-57(101)31-82-65(108)54(36-118-38-85-42(6)98)94-70(113)53(34-97)90-59(103)33-96(7)8/h10-11,13-14,28-29,37,39-41,47-54,61,80,97H,12,15-27,30-36,38H2,1-9H3,(H2,73,99)(H2,74,105)(H,77,84)(H,78,107)(H,81,104)(H,82,108)(H,83,114)(H,85,98)(H,86,110)(H,87,101)(H,88,100)(H,89,102)(H,90,103)(H,91,111)(H,92,112)(H,93,109)(H,94,113)(H,95,106)(H4,75,76,79)/t41-,47-,48-,49-,50-,51-,52-,53-,54-,61-/m0/s1. The predicted molar refractivity (Wildman–Crippen MR) is 435 cm³/mol. The highest BCUT2D eigenvalue weighted by atomic mass is 32.2. The summed E-state index contributed by atoms with van der Waals surface area (Å²) < 4.78 is 10.9. The van der Waals surface area contributed by atoms with Crippen molar-refractivity contribution >= 4 is 141 Å². The van der Waals surface area contributed by atoms with E-state index in [1.165, 1.54) is 43.0 Å². The highest BCUT2D eigenvalue weighted by Gasteiger charge is 2.35. The lowest BCUT2D eigenvalue weighted by atomic mass is 10.0. The number of nitrogens with two attached hydrogens (primary N) is 4. The van der Waals surface area contributed by atoms with Gasteiger partial charge in [-0.3, -0.25) is 86.5 Å². The first kappa shape index (κ1) is 101. The van der Waals surface area contributed by atoms with Gasteiger partial charge in [0.1, 0.15) is 67.0 Å². The van der Waals surface area contributed by atoms with Crippen LogP contribution in [-0.2, 0) is 104 Å². The van der Waals surface area contributed by atoms with Gasteiger partial charge in [0.25, 0.3) is 0 Å². The van der Waals surface area contributed by atoms with Crippen LogP contribution in [0, 0.1) is 11.8 Å². The third-order valence-electron chi connectivity index (χ3n) is 17.0. The number of nitrogens with zero attached hydrogens (tertiary/aromatic N) is 3. The van der Waals surface area contributed by atoms with Crippen LogP contribution in [0.2, 0.25) is 0 Å². The summed E-state index contributed by atoms with van der Waals surface area (Å²) in [6.45, 7) is 5.51. The van der Waals surface area contributed by atoms with Gasteiger partial charge in [-0.05, 0) is 88.6 Å². The number of amides is 17. The summed E-state index contributed by atoms with van der Waals surface area (Å²) in [6.07, 6.45) is 5.70. The minimum absolute atomic E-state index is 0.0227. The molecule has 2 heterocycles. The van der Waals surface area contributed by atoms with Gasteiger partial charge in [0.05, 0.1) is 64.8 Å². The molecule has 0 radical (unpaired) electrons. The number of hydrogen-bond donors (Lipinski definition) is 22. The molecule has 3 aromatic rings. The average Bonchev–Trinajstić information content (AvgIpc) is 1.66. The summed E-state index contributed by atoms with van der Waals surface area (Å²) in [5.74, 6) is -13.9. The Morgan fingerprint density at radius 2 is 1.14 bits per heavy atom. The van der Waals surface area contributed by atoms with Gasteiger partial charge in [-0.2, -0.15) is 11.8 Å². The summed E-state index contributed by atoms with van der Waals surface area (Å²) in [5.41, 5.74) is 23.5. The zero-order chi connectivity index (χ0) is 88.0. The molecule has 44 nitrogen and oxygen atoms in total. The first-order chi connectivity index (χ1) is 55.9. The number of benzene rings is 1. The van der Waals surface area contributed by atoms with Gasteiger partial charge < -0.3 is 132 Å². The molecule has 0 aliphatic heterocycles. The Kier molecular flexibility index (Phi) is 46.7. The summed E-state index contributed by atoms with van der Waals surface area (Å²) in [7, 11) is 3.23. The number of aromatic nitrogens is 3. The van der Waals surface area contributed by atoms with Crippen molar-refractivity contribution in [2.75, 3.05) is 110 Å². The fraction of sp³-hybridized carbons (Fsp3) is 0.597. The second kappa shape index (κ2) is 54.6. The lowest BCUT2D eigenvalue weighted by Gasteiger charge is -2.26. The van der Waals surface area contributed by atoms with Crippen LogP contribution < -0.4 is 103 Å². The number of guanidine groups is 1. The molecule has 0 fully saturated rings. The predicted octanol–water partition coefficient (Wildman–Crippen LogP) is -8.32. The van der Waals surface area contributed by atoms with Crippen molar-refractivity contribution in [1.82, 2.24) is 99.6 Å². The highest BCUT2D eigenvalue weighted by Crippen LogP contribution is 2.20. The molecule has 0 unspecified atom stereocenters. The molecule has 0 bridgehead atoms. The number of imidazole rings is 1. The average molecular weight is 1700 g/mol. The van der Waals surface area contributed by atoms with Crippen LogP contribution in [-0.4, -0.2) is 302 Å². The summed E-state index contributed by atoms with van der Waals surface area (Å²) >= 11 is 2.49. The number of likely N-dealkylation sites (N-methyl/N-ethyl adjacent to an activating group) is 1. The number of thioether (sulfide) groups is 2. The van der Waals surface area contributed by atoms with Crippen molar-refractivity contribution in [1.29, 1.82) is 0 Å². The molecule has 2 aromatic heterocycles. The van der Waals surface area contributed by atoms with Crippen molar-refractivity contribution in [3.05, 3.63) is 54.2 Å². The second-order valence-electron chi connectivity index (χ2n) is 28.1. The summed E-state index contributed by atoms with van der Waals surface area (Å²) in [6, 6.07) is -6.14. The monoisotopic (exact) mass is 1700 g/mol. The maximum absolute atomic E-state index is 14.4.